The van der Waals surface area contributed by atoms with Gasteiger partial charge in [0.25, 0.3) is 0 Å². The smallest absolute Gasteiger partial charge is 0.0947 e. The second-order valence-corrected chi connectivity index (χ2v) is 13.8. The molecule has 2 nitrogen and oxygen atoms in total. The van der Waals surface area contributed by atoms with Crippen molar-refractivity contribution in [1.29, 1.82) is 0 Å². The Bertz CT molecular complexity index is 2850. The predicted molar refractivity (Wildman–Crippen MR) is 220 cm³/mol. The Kier molecular flexibility index (Phi) is 6.35. The van der Waals surface area contributed by atoms with Gasteiger partial charge in [0, 0.05) is 17.5 Å². The van der Waals surface area contributed by atoms with E-state index >= 15 is 0 Å². The molecule has 1 N–H and O–H groups in total. The first-order valence-electron chi connectivity index (χ1n) is 18.0. The quantitative estimate of drug-likeness (QED) is 0.203. The Morgan fingerprint density at radius 2 is 1.00 bits per heavy atom. The Morgan fingerprint density at radius 3 is 1.73 bits per heavy atom. The molecule has 242 valence electrons. The van der Waals surface area contributed by atoms with Crippen molar-refractivity contribution in [2.75, 3.05) is 11.9 Å². The molecular formula is C50H32N2. The van der Waals surface area contributed by atoms with Crippen LogP contribution in [-0.2, 0) is 0 Å². The van der Waals surface area contributed by atoms with Crippen LogP contribution in [0.4, 0.5) is 5.69 Å². The maximum Gasteiger partial charge on any atom is 0.0947 e. The molecule has 1 aliphatic carbocycles. The Labute approximate surface area is 302 Å². The Hall–Kier alpha value is -6.77. The number of nitrogens with zero attached hydrogens (tertiary/aromatic N) is 1. The third-order valence-corrected chi connectivity index (χ3v) is 11.0. The average molecular weight is 661 g/mol. The van der Waals surface area contributed by atoms with Crippen LogP contribution in [0.15, 0.2) is 170 Å². The van der Waals surface area contributed by atoms with Gasteiger partial charge in [0.1, 0.15) is 0 Å². The number of aromatic nitrogens is 1. The van der Waals surface area contributed by atoms with Gasteiger partial charge in [0.05, 0.1) is 16.9 Å². The van der Waals surface area contributed by atoms with Gasteiger partial charge in [-0.3, -0.25) is 0 Å². The summed E-state index contributed by atoms with van der Waals surface area (Å²) in [7, 11) is 0. The van der Waals surface area contributed by atoms with Crippen LogP contribution in [0, 0.1) is 0 Å². The molecule has 8 aromatic carbocycles. The van der Waals surface area contributed by atoms with Gasteiger partial charge in [0.15, 0.2) is 0 Å². The molecule has 1 aromatic heterocycles. The van der Waals surface area contributed by atoms with Crippen LogP contribution in [0.3, 0.4) is 0 Å². The summed E-state index contributed by atoms with van der Waals surface area (Å²) in [6.07, 6.45) is 4.35. The topological polar surface area (TPSA) is 24.9 Å². The molecular weight excluding hydrogens is 629 g/mol. The second kappa shape index (κ2) is 11.4. The molecule has 9 aromatic rings. The zero-order valence-corrected chi connectivity index (χ0v) is 28.4. The lowest BCUT2D eigenvalue weighted by Crippen LogP contribution is -2.05. The number of fused-ring (bicyclic) bond motifs is 7. The van der Waals surface area contributed by atoms with Gasteiger partial charge in [-0.15, -0.1) is 0 Å². The van der Waals surface area contributed by atoms with Gasteiger partial charge in [-0.25, -0.2) is 4.98 Å². The molecule has 0 spiro atoms. The number of nitrogens with one attached hydrogen (secondary N) is 1. The highest BCUT2D eigenvalue weighted by molar-refractivity contribution is 6.29. The van der Waals surface area contributed by atoms with E-state index in [0.29, 0.717) is 0 Å². The lowest BCUT2D eigenvalue weighted by atomic mass is 9.82. The van der Waals surface area contributed by atoms with E-state index in [9.17, 15) is 0 Å². The summed E-state index contributed by atoms with van der Waals surface area (Å²) in [4.78, 5) is 5.33. The molecule has 0 fully saturated rings. The first-order chi connectivity index (χ1) is 25.8. The van der Waals surface area contributed by atoms with E-state index in [-0.39, 0.29) is 0 Å². The van der Waals surface area contributed by atoms with E-state index in [1.165, 1.54) is 82.7 Å². The normalized spacial score (nSPS) is 12.6. The fraction of sp³-hybridized carbons (Fsp3) is 0.0200. The number of rotatable bonds is 4. The van der Waals surface area contributed by atoms with Crippen LogP contribution >= 0.6 is 0 Å². The third-order valence-electron chi connectivity index (χ3n) is 11.0. The van der Waals surface area contributed by atoms with Gasteiger partial charge in [-0.1, -0.05) is 170 Å². The fourth-order valence-corrected chi connectivity index (χ4v) is 8.81. The minimum absolute atomic E-state index is 0.811. The van der Waals surface area contributed by atoms with Crippen LogP contribution < -0.4 is 5.32 Å². The molecule has 2 aliphatic rings. The average Bonchev–Trinajstić information content (AvgIpc) is 3.55. The van der Waals surface area contributed by atoms with Crippen molar-refractivity contribution in [2.24, 2.45) is 0 Å². The largest absolute Gasteiger partial charge is 0.379 e. The van der Waals surface area contributed by atoms with E-state index in [1.54, 1.807) is 0 Å². The van der Waals surface area contributed by atoms with Crippen molar-refractivity contribution in [3.63, 3.8) is 0 Å². The summed E-state index contributed by atoms with van der Waals surface area (Å²) < 4.78 is 0. The highest BCUT2D eigenvalue weighted by Gasteiger charge is 2.31. The van der Waals surface area contributed by atoms with Gasteiger partial charge in [0.2, 0.25) is 0 Å². The minimum Gasteiger partial charge on any atom is -0.379 e. The van der Waals surface area contributed by atoms with Crippen molar-refractivity contribution in [1.82, 2.24) is 4.98 Å². The van der Waals surface area contributed by atoms with E-state index < -0.39 is 0 Å². The summed E-state index contributed by atoms with van der Waals surface area (Å²) in [5.41, 5.74) is 18.1. The SMILES string of the molecule is C1=Cc2ccc3ccc(-c4ccccc4-c4ccc5c6c(cccc46)-c4c-5c(-c5ccccc5)c5ccccc5c4-c4ccccc4)nc3c2NC1. The first-order valence-corrected chi connectivity index (χ1v) is 18.0. The second-order valence-electron chi connectivity index (χ2n) is 13.8. The molecule has 2 heteroatoms. The molecule has 11 rings (SSSR count). The van der Waals surface area contributed by atoms with Crippen molar-refractivity contribution < 1.29 is 0 Å². The molecule has 2 heterocycles. The summed E-state index contributed by atoms with van der Waals surface area (Å²) in [5, 5.41) is 9.83. The highest BCUT2D eigenvalue weighted by atomic mass is 14.9. The predicted octanol–water partition coefficient (Wildman–Crippen LogP) is 13.3. The van der Waals surface area contributed by atoms with E-state index in [2.05, 4.69) is 181 Å². The van der Waals surface area contributed by atoms with Crippen molar-refractivity contribution in [3.8, 4) is 66.9 Å². The summed E-state index contributed by atoms with van der Waals surface area (Å²) in [6, 6.07) is 59.9. The molecule has 52 heavy (non-hydrogen) atoms. The van der Waals surface area contributed by atoms with Crippen LogP contribution in [0.2, 0.25) is 0 Å². The van der Waals surface area contributed by atoms with Crippen molar-refractivity contribution >= 4 is 44.2 Å². The number of hydrogen-bond acceptors (Lipinski definition) is 2. The van der Waals surface area contributed by atoms with Crippen LogP contribution in [0.5, 0.6) is 0 Å². The zero-order chi connectivity index (χ0) is 34.2. The standard InChI is InChI=1S/C50H32N2/c1-3-13-31(14-4-1)44-39-20-9-10-21-40(39)45(32-15-5-2-6-16-32)48-42-28-27-36(38-22-11-23-41(46(38)42)47(44)48)35-18-7-8-19-37(35)43-29-26-34-25-24-33-17-12-30-51-49(33)50(34)52-43/h1-29,51H,30H2. The third kappa shape index (κ3) is 4.22. The van der Waals surface area contributed by atoms with E-state index in [4.69, 9.17) is 4.98 Å². The minimum atomic E-state index is 0.811. The zero-order valence-electron chi connectivity index (χ0n) is 28.4. The van der Waals surface area contributed by atoms with Gasteiger partial charge in [-0.2, -0.15) is 0 Å². The molecule has 0 bridgehead atoms. The van der Waals surface area contributed by atoms with Crippen LogP contribution in [0.1, 0.15) is 5.56 Å². The maximum absolute atomic E-state index is 5.33. The Morgan fingerprint density at radius 1 is 0.423 bits per heavy atom. The highest BCUT2D eigenvalue weighted by Crippen LogP contribution is 2.58. The van der Waals surface area contributed by atoms with Gasteiger partial charge in [-0.05, 0) is 88.8 Å². The summed E-state index contributed by atoms with van der Waals surface area (Å²) in [6.45, 7) is 0.811. The molecule has 0 unspecified atom stereocenters. The molecule has 1 aliphatic heterocycles. The number of hydrogen-bond donors (Lipinski definition) is 1. The lowest BCUT2D eigenvalue weighted by Gasteiger charge is -2.20. The van der Waals surface area contributed by atoms with Crippen LogP contribution in [-0.4, -0.2) is 11.5 Å². The van der Waals surface area contributed by atoms with Gasteiger partial charge >= 0.3 is 0 Å². The monoisotopic (exact) mass is 660 g/mol. The van der Waals surface area contributed by atoms with Crippen molar-refractivity contribution in [3.05, 3.63) is 175 Å². The molecule has 0 amide bonds. The number of pyridine rings is 1. The lowest BCUT2D eigenvalue weighted by molar-refractivity contribution is 1.30. The Balaban J connectivity index is 1.19. The molecule has 0 radical (unpaired) electrons. The summed E-state index contributed by atoms with van der Waals surface area (Å²) in [5.74, 6) is 0. The first kappa shape index (κ1) is 29.0. The molecule has 0 saturated heterocycles. The van der Waals surface area contributed by atoms with E-state index in [0.717, 1.165) is 34.4 Å². The molecule has 0 saturated carbocycles. The van der Waals surface area contributed by atoms with Crippen molar-refractivity contribution in [2.45, 2.75) is 0 Å². The van der Waals surface area contributed by atoms with Gasteiger partial charge < -0.3 is 5.32 Å². The number of benzene rings is 8. The van der Waals surface area contributed by atoms with Crippen LogP contribution in [0.25, 0.3) is 105 Å². The number of anilines is 1. The fourth-order valence-electron chi connectivity index (χ4n) is 8.81. The van der Waals surface area contributed by atoms with E-state index in [1.807, 2.05) is 0 Å². The molecule has 0 atom stereocenters. The maximum atomic E-state index is 5.33. The summed E-state index contributed by atoms with van der Waals surface area (Å²) >= 11 is 0.